The minimum absolute atomic E-state index is 0.148. The molecule has 0 aromatic heterocycles. The highest BCUT2D eigenvalue weighted by atomic mass is 32.2. The lowest BCUT2D eigenvalue weighted by molar-refractivity contribution is 0.301. The van der Waals surface area contributed by atoms with Crippen molar-refractivity contribution in [1.82, 2.24) is 5.32 Å². The van der Waals surface area contributed by atoms with Crippen LogP contribution in [0.1, 0.15) is 44.1 Å². The Bertz CT molecular complexity index is 555. The molecule has 0 amide bonds. The van der Waals surface area contributed by atoms with Gasteiger partial charge in [0.1, 0.15) is 0 Å². The van der Waals surface area contributed by atoms with Crippen molar-refractivity contribution in [3.8, 4) is 0 Å². The zero-order valence-electron chi connectivity index (χ0n) is 12.0. The lowest BCUT2D eigenvalue weighted by Gasteiger charge is -2.42. The van der Waals surface area contributed by atoms with Crippen molar-refractivity contribution >= 4 is 9.84 Å². The van der Waals surface area contributed by atoms with Crippen molar-refractivity contribution in [2.75, 3.05) is 5.75 Å². The van der Waals surface area contributed by atoms with Gasteiger partial charge >= 0.3 is 0 Å². The van der Waals surface area contributed by atoms with Crippen LogP contribution >= 0.6 is 0 Å². The predicted octanol–water partition coefficient (Wildman–Crippen LogP) is 2.49. The summed E-state index contributed by atoms with van der Waals surface area (Å²) in [7, 11) is -2.95. The molecule has 1 aromatic rings. The first kappa shape index (κ1) is 14.1. The molecule has 20 heavy (non-hydrogen) atoms. The molecule has 3 rings (SSSR count). The Kier molecular flexibility index (Phi) is 3.87. The second kappa shape index (κ2) is 5.49. The van der Waals surface area contributed by atoms with Crippen molar-refractivity contribution in [1.29, 1.82) is 0 Å². The van der Waals surface area contributed by atoms with Gasteiger partial charge in [-0.25, -0.2) is 8.42 Å². The fourth-order valence-electron chi connectivity index (χ4n) is 3.74. The molecule has 1 N–H and O–H groups in total. The number of fused-ring (bicyclic) bond motifs is 1. The van der Waals surface area contributed by atoms with E-state index in [0.717, 1.165) is 25.7 Å². The average molecular weight is 293 g/mol. The number of hydrogen-bond acceptors (Lipinski definition) is 3. The van der Waals surface area contributed by atoms with Crippen molar-refractivity contribution in [3.05, 3.63) is 35.9 Å². The Morgan fingerprint density at radius 2 is 1.95 bits per heavy atom. The van der Waals surface area contributed by atoms with E-state index in [0.29, 0.717) is 11.7 Å². The maximum atomic E-state index is 12.5. The van der Waals surface area contributed by atoms with Gasteiger partial charge in [-0.05, 0) is 37.2 Å². The summed E-state index contributed by atoms with van der Waals surface area (Å²) in [4.78, 5) is 0. The molecule has 1 heterocycles. The number of hydrogen-bond donors (Lipinski definition) is 1. The monoisotopic (exact) mass is 293 g/mol. The quantitative estimate of drug-likeness (QED) is 0.911. The molecule has 2 aliphatic rings. The first-order valence-electron chi connectivity index (χ1n) is 7.62. The summed E-state index contributed by atoms with van der Waals surface area (Å²) in [6.07, 6.45) is 3.73. The van der Waals surface area contributed by atoms with Gasteiger partial charge in [0, 0.05) is 12.1 Å². The van der Waals surface area contributed by atoms with Gasteiger partial charge in [-0.15, -0.1) is 0 Å². The van der Waals surface area contributed by atoms with Crippen LogP contribution < -0.4 is 5.32 Å². The molecule has 0 spiro atoms. The van der Waals surface area contributed by atoms with Gasteiger partial charge in [0.05, 0.1) is 11.0 Å². The molecule has 2 fully saturated rings. The standard InChI is InChI=1S/C16H23NO2S/c1-2-14-11-20(18,19)16-10-13(8-9-15(16)17-14)12-6-4-3-5-7-12/h3-7,13-17H,2,8-11H2,1H3. The molecular formula is C16H23NO2S. The maximum Gasteiger partial charge on any atom is 0.156 e. The normalized spacial score (nSPS) is 36.2. The van der Waals surface area contributed by atoms with E-state index in [9.17, 15) is 8.42 Å². The molecule has 4 heteroatoms. The van der Waals surface area contributed by atoms with Crippen molar-refractivity contribution in [2.24, 2.45) is 0 Å². The third kappa shape index (κ3) is 2.63. The summed E-state index contributed by atoms with van der Waals surface area (Å²) >= 11 is 0. The Morgan fingerprint density at radius 1 is 1.20 bits per heavy atom. The van der Waals surface area contributed by atoms with E-state index in [1.807, 2.05) is 18.2 Å². The van der Waals surface area contributed by atoms with Gasteiger partial charge in [-0.3, -0.25) is 0 Å². The van der Waals surface area contributed by atoms with E-state index in [4.69, 9.17) is 0 Å². The van der Waals surface area contributed by atoms with Crippen LogP contribution in [0.4, 0.5) is 0 Å². The van der Waals surface area contributed by atoms with E-state index < -0.39 is 9.84 Å². The molecule has 0 radical (unpaired) electrons. The molecule has 1 aliphatic carbocycles. The van der Waals surface area contributed by atoms with Crippen molar-refractivity contribution in [3.63, 3.8) is 0 Å². The second-order valence-corrected chi connectivity index (χ2v) is 8.43. The first-order chi connectivity index (χ1) is 9.60. The number of sulfone groups is 1. The Morgan fingerprint density at radius 3 is 2.65 bits per heavy atom. The van der Waals surface area contributed by atoms with Crippen LogP contribution in [-0.4, -0.2) is 31.5 Å². The third-order valence-electron chi connectivity index (χ3n) is 4.90. The minimum Gasteiger partial charge on any atom is -0.309 e. The van der Waals surface area contributed by atoms with Gasteiger partial charge in [0.25, 0.3) is 0 Å². The molecule has 4 atom stereocenters. The fourth-order valence-corrected chi connectivity index (χ4v) is 6.12. The molecule has 3 nitrogen and oxygen atoms in total. The molecule has 1 aromatic carbocycles. The van der Waals surface area contributed by atoms with E-state index >= 15 is 0 Å². The topological polar surface area (TPSA) is 46.2 Å². The molecule has 0 bridgehead atoms. The Hall–Kier alpha value is -0.870. The first-order valence-corrected chi connectivity index (χ1v) is 9.34. The highest BCUT2D eigenvalue weighted by molar-refractivity contribution is 7.92. The van der Waals surface area contributed by atoms with E-state index in [1.165, 1.54) is 5.56 Å². The Labute approximate surface area is 121 Å². The largest absolute Gasteiger partial charge is 0.309 e. The summed E-state index contributed by atoms with van der Waals surface area (Å²) in [5.41, 5.74) is 1.29. The highest BCUT2D eigenvalue weighted by Gasteiger charge is 2.44. The second-order valence-electron chi connectivity index (χ2n) is 6.17. The zero-order valence-corrected chi connectivity index (χ0v) is 12.8. The van der Waals surface area contributed by atoms with Gasteiger partial charge in [-0.1, -0.05) is 37.3 Å². The molecule has 4 unspecified atom stereocenters. The fraction of sp³-hybridized carbons (Fsp3) is 0.625. The summed E-state index contributed by atoms with van der Waals surface area (Å²) in [6.45, 7) is 2.06. The highest BCUT2D eigenvalue weighted by Crippen LogP contribution is 2.38. The zero-order chi connectivity index (χ0) is 14.2. The van der Waals surface area contributed by atoms with Crippen LogP contribution in [0.3, 0.4) is 0 Å². The lowest BCUT2D eigenvalue weighted by atomic mass is 9.81. The SMILES string of the molecule is CCC1CS(=O)(=O)C2CC(c3ccccc3)CCC2N1. The minimum atomic E-state index is -2.95. The summed E-state index contributed by atoms with van der Waals surface area (Å²) < 4.78 is 25.0. The molecule has 1 aliphatic heterocycles. The van der Waals surface area contributed by atoms with Crippen molar-refractivity contribution < 1.29 is 8.42 Å². The lowest BCUT2D eigenvalue weighted by Crippen LogP contribution is -2.59. The van der Waals surface area contributed by atoms with Crippen LogP contribution in [0.5, 0.6) is 0 Å². The van der Waals surface area contributed by atoms with Crippen LogP contribution in [0, 0.1) is 0 Å². The van der Waals surface area contributed by atoms with Crippen LogP contribution in [0.15, 0.2) is 30.3 Å². The van der Waals surface area contributed by atoms with E-state index in [2.05, 4.69) is 24.4 Å². The third-order valence-corrected chi connectivity index (χ3v) is 7.21. The Balaban J connectivity index is 1.80. The van der Waals surface area contributed by atoms with Gasteiger partial charge in [0.2, 0.25) is 0 Å². The summed E-state index contributed by atoms with van der Waals surface area (Å²) in [6, 6.07) is 10.7. The van der Waals surface area contributed by atoms with Crippen LogP contribution in [0.25, 0.3) is 0 Å². The summed E-state index contributed by atoms with van der Waals surface area (Å²) in [5.74, 6) is 0.707. The predicted molar refractivity (Wildman–Crippen MR) is 81.6 cm³/mol. The van der Waals surface area contributed by atoms with E-state index in [1.54, 1.807) is 0 Å². The van der Waals surface area contributed by atoms with E-state index in [-0.39, 0.29) is 17.3 Å². The van der Waals surface area contributed by atoms with Gasteiger partial charge in [-0.2, -0.15) is 0 Å². The summed E-state index contributed by atoms with van der Waals surface area (Å²) in [5, 5.41) is 3.36. The van der Waals surface area contributed by atoms with Gasteiger partial charge < -0.3 is 5.32 Å². The van der Waals surface area contributed by atoms with Crippen molar-refractivity contribution in [2.45, 2.75) is 55.9 Å². The molecular weight excluding hydrogens is 270 g/mol. The molecule has 1 saturated heterocycles. The number of nitrogens with one attached hydrogen (secondary N) is 1. The van der Waals surface area contributed by atoms with Crippen LogP contribution in [-0.2, 0) is 9.84 Å². The van der Waals surface area contributed by atoms with Crippen LogP contribution in [0.2, 0.25) is 0 Å². The smallest absolute Gasteiger partial charge is 0.156 e. The number of rotatable bonds is 2. The average Bonchev–Trinajstić information content (AvgIpc) is 2.47. The molecule has 110 valence electrons. The number of benzene rings is 1. The van der Waals surface area contributed by atoms with Gasteiger partial charge in [0.15, 0.2) is 9.84 Å². The maximum absolute atomic E-state index is 12.5. The molecule has 1 saturated carbocycles.